The van der Waals surface area contributed by atoms with Crippen LogP contribution in [0.2, 0.25) is 0 Å². The summed E-state index contributed by atoms with van der Waals surface area (Å²) in [5.41, 5.74) is 1.37. The lowest BCUT2D eigenvalue weighted by molar-refractivity contribution is 0.0686. The molecule has 0 bridgehead atoms. The van der Waals surface area contributed by atoms with E-state index in [1.54, 1.807) is 17.4 Å². The number of carboxylic acids is 1. The maximum atomic E-state index is 11.1. The third kappa shape index (κ3) is 1.76. The number of rotatable bonds is 3. The molecule has 0 atom stereocenters. The van der Waals surface area contributed by atoms with Gasteiger partial charge in [0.25, 0.3) is 0 Å². The number of aromatic carboxylic acids is 1. The van der Waals surface area contributed by atoms with Crippen molar-refractivity contribution in [3.63, 3.8) is 0 Å². The molecule has 2 aromatic rings. The third-order valence-corrected chi connectivity index (χ3v) is 3.44. The van der Waals surface area contributed by atoms with Crippen molar-refractivity contribution in [2.45, 2.75) is 20.4 Å². The van der Waals surface area contributed by atoms with Gasteiger partial charge in [0.1, 0.15) is 5.69 Å². The van der Waals surface area contributed by atoms with Crippen molar-refractivity contribution < 1.29 is 9.90 Å². The minimum absolute atomic E-state index is 0.361. The number of carboxylic acid groups (broad SMARTS) is 1. The lowest BCUT2D eigenvalue weighted by Gasteiger charge is -2.03. The predicted molar refractivity (Wildman–Crippen MR) is 66.3 cm³/mol. The molecule has 0 amide bonds. The molecule has 1 N–H and O–H groups in total. The van der Waals surface area contributed by atoms with Crippen molar-refractivity contribution in [2.24, 2.45) is 0 Å². The molecular weight excluding hydrogens is 222 g/mol. The largest absolute Gasteiger partial charge is 0.477 e. The Morgan fingerprint density at radius 3 is 2.94 bits per heavy atom. The lowest BCUT2D eigenvalue weighted by atomic mass is 10.4. The lowest BCUT2D eigenvalue weighted by Crippen LogP contribution is -2.07. The molecule has 0 spiro atoms. The Bertz CT molecular complexity index is 563. The normalized spacial score (nSPS) is 11.6. The monoisotopic (exact) mass is 235 g/mol. The van der Waals surface area contributed by atoms with E-state index < -0.39 is 5.97 Å². The average Bonchev–Trinajstić information content (AvgIpc) is 2.71. The fourth-order valence-corrected chi connectivity index (χ4v) is 2.71. The molecule has 0 saturated carbocycles. The topological polar surface area (TPSA) is 42.2 Å². The van der Waals surface area contributed by atoms with Crippen LogP contribution in [0.1, 0.15) is 22.3 Å². The molecule has 0 unspecified atom stereocenters. The van der Waals surface area contributed by atoms with Crippen molar-refractivity contribution in [3.8, 4) is 0 Å². The van der Waals surface area contributed by atoms with E-state index in [2.05, 4.69) is 0 Å². The summed E-state index contributed by atoms with van der Waals surface area (Å²) < 4.78 is 2.88. The van der Waals surface area contributed by atoms with E-state index in [0.717, 1.165) is 10.2 Å². The summed E-state index contributed by atoms with van der Waals surface area (Å²) in [4.78, 5) is 12.3. The number of fused-ring (bicyclic) bond motifs is 1. The molecule has 0 aliphatic carbocycles. The highest BCUT2D eigenvalue weighted by molar-refractivity contribution is 7.19. The maximum absolute atomic E-state index is 11.1. The summed E-state index contributed by atoms with van der Waals surface area (Å²) in [5.74, 6) is -0.870. The first-order valence-corrected chi connectivity index (χ1v) is 5.89. The molecule has 2 rings (SSSR count). The van der Waals surface area contributed by atoms with E-state index in [1.807, 2.05) is 36.6 Å². The maximum Gasteiger partial charge on any atom is 0.352 e. The Morgan fingerprint density at radius 1 is 1.56 bits per heavy atom. The summed E-state index contributed by atoms with van der Waals surface area (Å²) in [6.07, 6.45) is 3.88. The van der Waals surface area contributed by atoms with Crippen LogP contribution in [0.4, 0.5) is 0 Å². The van der Waals surface area contributed by atoms with Crippen molar-refractivity contribution in [2.75, 3.05) is 0 Å². The number of nitrogens with zero attached hydrogens (tertiary/aromatic N) is 1. The Hall–Kier alpha value is -1.55. The minimum atomic E-state index is -0.870. The molecule has 0 aliphatic heterocycles. The van der Waals surface area contributed by atoms with Gasteiger partial charge in [0.2, 0.25) is 0 Å². The summed E-state index contributed by atoms with van der Waals surface area (Å²) in [5, 5.41) is 9.11. The van der Waals surface area contributed by atoms with Gasteiger partial charge in [-0.05, 0) is 26.0 Å². The van der Waals surface area contributed by atoms with Crippen molar-refractivity contribution in [3.05, 3.63) is 34.9 Å². The minimum Gasteiger partial charge on any atom is -0.477 e. The Balaban J connectivity index is 2.61. The number of aryl methyl sites for hydroxylation is 1. The zero-order valence-corrected chi connectivity index (χ0v) is 10.0. The van der Waals surface area contributed by atoms with Gasteiger partial charge in [-0.15, -0.1) is 11.3 Å². The first-order valence-electron chi connectivity index (χ1n) is 5.07. The van der Waals surface area contributed by atoms with Crippen LogP contribution in [0.15, 0.2) is 24.3 Å². The molecule has 2 aromatic heterocycles. The van der Waals surface area contributed by atoms with Gasteiger partial charge in [-0.25, -0.2) is 4.79 Å². The summed E-state index contributed by atoms with van der Waals surface area (Å²) in [6.45, 7) is 4.57. The van der Waals surface area contributed by atoms with Crippen LogP contribution in [0.25, 0.3) is 10.2 Å². The van der Waals surface area contributed by atoms with Crippen molar-refractivity contribution in [1.82, 2.24) is 4.57 Å². The number of aromatic nitrogens is 1. The number of carbonyl (C=O) groups is 1. The summed E-state index contributed by atoms with van der Waals surface area (Å²) in [7, 11) is 0. The van der Waals surface area contributed by atoms with Crippen molar-refractivity contribution in [1.29, 1.82) is 0 Å². The highest BCUT2D eigenvalue weighted by Gasteiger charge is 2.15. The molecule has 0 aliphatic rings. The van der Waals surface area contributed by atoms with Gasteiger partial charge in [-0.2, -0.15) is 0 Å². The van der Waals surface area contributed by atoms with Crippen LogP contribution in [0.3, 0.4) is 0 Å². The molecule has 0 radical (unpaired) electrons. The first kappa shape index (κ1) is 11.0. The highest BCUT2D eigenvalue weighted by Crippen LogP contribution is 2.28. The standard InChI is InChI=1S/C12H13NO2S/c1-3-4-5-13-9-6-8(2)16-11(9)7-10(13)12(14)15/h3-4,6-7H,5H2,1-2H3,(H,14,15)/b4-3+. The van der Waals surface area contributed by atoms with Gasteiger partial charge in [0.05, 0.1) is 10.2 Å². The zero-order valence-electron chi connectivity index (χ0n) is 9.23. The van der Waals surface area contributed by atoms with E-state index in [-0.39, 0.29) is 0 Å². The zero-order chi connectivity index (χ0) is 11.7. The van der Waals surface area contributed by atoms with Gasteiger partial charge in [0.15, 0.2) is 0 Å². The quantitative estimate of drug-likeness (QED) is 0.829. The predicted octanol–water partition coefficient (Wildman–Crippen LogP) is 3.29. The number of hydrogen-bond donors (Lipinski definition) is 1. The van der Waals surface area contributed by atoms with Gasteiger partial charge in [0, 0.05) is 11.4 Å². The van der Waals surface area contributed by atoms with Crippen LogP contribution in [-0.4, -0.2) is 15.6 Å². The Morgan fingerprint density at radius 2 is 2.31 bits per heavy atom. The van der Waals surface area contributed by atoms with E-state index in [0.29, 0.717) is 12.2 Å². The average molecular weight is 235 g/mol. The van der Waals surface area contributed by atoms with Crippen LogP contribution in [0.5, 0.6) is 0 Å². The van der Waals surface area contributed by atoms with Gasteiger partial charge >= 0.3 is 5.97 Å². The third-order valence-electron chi connectivity index (χ3n) is 2.46. The number of hydrogen-bond acceptors (Lipinski definition) is 2. The van der Waals surface area contributed by atoms with Crippen molar-refractivity contribution >= 4 is 27.5 Å². The van der Waals surface area contributed by atoms with Crippen LogP contribution < -0.4 is 0 Å². The smallest absolute Gasteiger partial charge is 0.352 e. The fourth-order valence-electron chi connectivity index (χ4n) is 1.75. The molecule has 3 nitrogen and oxygen atoms in total. The Kier molecular flexibility index (Phi) is 2.83. The summed E-state index contributed by atoms with van der Waals surface area (Å²) in [6, 6.07) is 3.79. The second-order valence-corrected chi connectivity index (χ2v) is 4.91. The molecule has 2 heterocycles. The molecule has 0 saturated heterocycles. The van der Waals surface area contributed by atoms with E-state index >= 15 is 0 Å². The van der Waals surface area contributed by atoms with Crippen LogP contribution >= 0.6 is 11.3 Å². The second-order valence-electron chi connectivity index (χ2n) is 3.62. The molecular formula is C12H13NO2S. The second kappa shape index (κ2) is 4.14. The van der Waals surface area contributed by atoms with E-state index in [1.165, 1.54) is 4.88 Å². The summed E-state index contributed by atoms with van der Waals surface area (Å²) >= 11 is 1.63. The van der Waals surface area contributed by atoms with E-state index in [4.69, 9.17) is 5.11 Å². The molecule has 4 heteroatoms. The number of allylic oxidation sites excluding steroid dienone is 2. The van der Waals surface area contributed by atoms with Gasteiger partial charge < -0.3 is 9.67 Å². The van der Waals surface area contributed by atoms with Crippen LogP contribution in [-0.2, 0) is 6.54 Å². The molecule has 0 fully saturated rings. The SMILES string of the molecule is C/C=C/Cn1c(C(=O)O)cc2sc(C)cc21. The van der Waals surface area contributed by atoms with Gasteiger partial charge in [-0.1, -0.05) is 12.2 Å². The Labute approximate surface area is 97.6 Å². The molecule has 84 valence electrons. The number of thiophene rings is 1. The highest BCUT2D eigenvalue weighted by atomic mass is 32.1. The van der Waals surface area contributed by atoms with Crippen LogP contribution in [0, 0.1) is 6.92 Å². The first-order chi connectivity index (χ1) is 7.63. The molecule has 0 aromatic carbocycles. The fraction of sp³-hybridized carbons (Fsp3) is 0.250. The molecule has 16 heavy (non-hydrogen) atoms. The van der Waals surface area contributed by atoms with Gasteiger partial charge in [-0.3, -0.25) is 0 Å². The van der Waals surface area contributed by atoms with E-state index in [9.17, 15) is 4.79 Å².